The Bertz CT molecular complexity index is 1110. The van der Waals surface area contributed by atoms with Gasteiger partial charge >= 0.3 is 0 Å². The van der Waals surface area contributed by atoms with Crippen molar-refractivity contribution in [3.05, 3.63) is 77.3 Å². The first-order valence-electron chi connectivity index (χ1n) is 9.16. The number of thioether (sulfide) groups is 1. The van der Waals surface area contributed by atoms with Crippen LogP contribution < -0.4 is 5.32 Å². The Balaban J connectivity index is 1.25. The van der Waals surface area contributed by atoms with E-state index in [4.69, 9.17) is 16.0 Å². The zero-order valence-electron chi connectivity index (χ0n) is 15.7. The second-order valence-electron chi connectivity index (χ2n) is 6.32. The van der Waals surface area contributed by atoms with Crippen LogP contribution in [-0.4, -0.2) is 21.1 Å². The molecular formula is C21H17ClN4O2S2. The van der Waals surface area contributed by atoms with E-state index in [1.54, 1.807) is 30.1 Å². The lowest BCUT2D eigenvalue weighted by atomic mass is 10.2. The summed E-state index contributed by atoms with van der Waals surface area (Å²) >= 11 is 8.86. The third-order valence-corrected chi connectivity index (χ3v) is 6.40. The molecule has 2 aromatic heterocycles. The van der Waals surface area contributed by atoms with Gasteiger partial charge in [-0.2, -0.15) is 0 Å². The number of carbonyl (C=O) groups excluding carboxylic acids is 1. The van der Waals surface area contributed by atoms with Gasteiger partial charge in [0.1, 0.15) is 0 Å². The quantitative estimate of drug-likeness (QED) is 0.270. The lowest BCUT2D eigenvalue weighted by molar-refractivity contribution is -0.116. The van der Waals surface area contributed by atoms with Gasteiger partial charge in [-0.15, -0.1) is 10.2 Å². The summed E-state index contributed by atoms with van der Waals surface area (Å²) < 4.78 is 6.54. The molecule has 0 bridgehead atoms. The Labute approximate surface area is 186 Å². The third kappa shape index (κ3) is 5.69. The highest BCUT2D eigenvalue weighted by Gasteiger charge is 2.12. The number of halogens is 1. The summed E-state index contributed by atoms with van der Waals surface area (Å²) in [5.41, 5.74) is 2.10. The molecule has 6 nitrogen and oxygen atoms in total. The van der Waals surface area contributed by atoms with Crippen LogP contribution in [0.2, 0.25) is 5.02 Å². The molecule has 0 atom stereocenters. The molecule has 4 rings (SSSR count). The fourth-order valence-corrected chi connectivity index (χ4v) is 4.46. The summed E-state index contributed by atoms with van der Waals surface area (Å²) in [6.07, 6.45) is 2.29. The SMILES string of the molecule is O=C(CCc1ncc(-c2ccc(Cl)cc2)o1)Nc1nnc(SCc2ccccc2)s1. The van der Waals surface area contributed by atoms with Gasteiger partial charge in [0.15, 0.2) is 16.0 Å². The lowest BCUT2D eigenvalue weighted by Crippen LogP contribution is -2.12. The van der Waals surface area contributed by atoms with Crippen molar-refractivity contribution in [2.24, 2.45) is 0 Å². The molecule has 0 aliphatic heterocycles. The average Bonchev–Trinajstić information content (AvgIpc) is 3.42. The van der Waals surface area contributed by atoms with Gasteiger partial charge in [-0.25, -0.2) is 4.98 Å². The molecule has 1 N–H and O–H groups in total. The normalized spacial score (nSPS) is 10.8. The highest BCUT2D eigenvalue weighted by Crippen LogP contribution is 2.28. The van der Waals surface area contributed by atoms with E-state index >= 15 is 0 Å². The first-order valence-corrected chi connectivity index (χ1v) is 11.3. The maximum absolute atomic E-state index is 12.2. The predicted molar refractivity (Wildman–Crippen MR) is 120 cm³/mol. The van der Waals surface area contributed by atoms with Crippen molar-refractivity contribution in [2.45, 2.75) is 22.9 Å². The predicted octanol–water partition coefficient (Wildman–Crippen LogP) is 5.71. The van der Waals surface area contributed by atoms with E-state index in [1.165, 1.54) is 16.9 Å². The van der Waals surface area contributed by atoms with Crippen molar-refractivity contribution in [2.75, 3.05) is 5.32 Å². The van der Waals surface area contributed by atoms with Crippen LogP contribution in [0.1, 0.15) is 17.9 Å². The van der Waals surface area contributed by atoms with Crippen molar-refractivity contribution in [1.29, 1.82) is 0 Å². The van der Waals surface area contributed by atoms with E-state index in [9.17, 15) is 4.79 Å². The van der Waals surface area contributed by atoms with Gasteiger partial charge in [-0.3, -0.25) is 4.79 Å². The first kappa shape index (κ1) is 20.6. The monoisotopic (exact) mass is 456 g/mol. The molecule has 2 heterocycles. The van der Waals surface area contributed by atoms with Gasteiger partial charge in [0.05, 0.1) is 6.20 Å². The number of carbonyl (C=O) groups is 1. The van der Waals surface area contributed by atoms with E-state index in [0.29, 0.717) is 28.2 Å². The summed E-state index contributed by atoms with van der Waals surface area (Å²) in [4.78, 5) is 16.5. The number of nitrogens with zero attached hydrogens (tertiary/aromatic N) is 3. The Kier molecular flexibility index (Phi) is 6.78. The zero-order valence-corrected chi connectivity index (χ0v) is 18.1. The smallest absolute Gasteiger partial charge is 0.226 e. The number of rotatable bonds is 8. The number of hydrogen-bond acceptors (Lipinski definition) is 7. The highest BCUT2D eigenvalue weighted by molar-refractivity contribution is 8.00. The molecule has 0 saturated carbocycles. The molecule has 0 aliphatic carbocycles. The van der Waals surface area contributed by atoms with Crippen LogP contribution in [0.3, 0.4) is 0 Å². The minimum absolute atomic E-state index is 0.156. The maximum atomic E-state index is 12.2. The number of oxazole rings is 1. The van der Waals surface area contributed by atoms with Gasteiger partial charge in [-0.1, -0.05) is 65.0 Å². The van der Waals surface area contributed by atoms with Crippen LogP contribution >= 0.6 is 34.7 Å². The van der Waals surface area contributed by atoms with Crippen LogP contribution in [0.15, 0.2) is 69.6 Å². The number of benzene rings is 2. The molecule has 30 heavy (non-hydrogen) atoms. The number of amides is 1. The molecule has 1 amide bonds. The molecule has 4 aromatic rings. The second-order valence-corrected chi connectivity index (χ2v) is 8.96. The number of anilines is 1. The molecule has 0 fully saturated rings. The Hall–Kier alpha value is -2.68. The zero-order chi connectivity index (χ0) is 20.8. The van der Waals surface area contributed by atoms with Gasteiger partial charge in [0.25, 0.3) is 0 Å². The Morgan fingerprint density at radius 1 is 1.10 bits per heavy atom. The van der Waals surface area contributed by atoms with Crippen molar-refractivity contribution in [3.63, 3.8) is 0 Å². The lowest BCUT2D eigenvalue weighted by Gasteiger charge is -1.99. The molecule has 0 saturated heterocycles. The van der Waals surface area contributed by atoms with Crippen molar-refractivity contribution in [1.82, 2.24) is 15.2 Å². The Morgan fingerprint density at radius 2 is 1.90 bits per heavy atom. The minimum Gasteiger partial charge on any atom is -0.441 e. The number of nitrogens with one attached hydrogen (secondary N) is 1. The largest absolute Gasteiger partial charge is 0.441 e. The summed E-state index contributed by atoms with van der Waals surface area (Å²) in [6.45, 7) is 0. The van der Waals surface area contributed by atoms with E-state index in [0.717, 1.165) is 15.7 Å². The molecule has 9 heteroatoms. The number of aryl methyl sites for hydroxylation is 1. The van der Waals surface area contributed by atoms with Crippen LogP contribution in [-0.2, 0) is 17.0 Å². The maximum Gasteiger partial charge on any atom is 0.226 e. The van der Waals surface area contributed by atoms with Crippen LogP contribution in [0.25, 0.3) is 11.3 Å². The van der Waals surface area contributed by atoms with Gasteiger partial charge < -0.3 is 9.73 Å². The molecule has 0 unspecified atom stereocenters. The van der Waals surface area contributed by atoms with Crippen LogP contribution in [0.5, 0.6) is 0 Å². The molecular weight excluding hydrogens is 440 g/mol. The molecule has 0 spiro atoms. The summed E-state index contributed by atoms with van der Waals surface area (Å²) in [6, 6.07) is 17.5. The third-order valence-electron chi connectivity index (χ3n) is 4.11. The van der Waals surface area contributed by atoms with Crippen molar-refractivity contribution in [3.8, 4) is 11.3 Å². The Morgan fingerprint density at radius 3 is 2.70 bits per heavy atom. The van der Waals surface area contributed by atoms with Gasteiger partial charge in [0, 0.05) is 29.2 Å². The number of aromatic nitrogens is 3. The fraction of sp³-hybridized carbons (Fsp3) is 0.143. The highest BCUT2D eigenvalue weighted by atomic mass is 35.5. The van der Waals surface area contributed by atoms with E-state index in [1.807, 2.05) is 30.3 Å². The topological polar surface area (TPSA) is 80.9 Å². The van der Waals surface area contributed by atoms with Crippen molar-refractivity contribution >= 4 is 45.7 Å². The first-order chi connectivity index (χ1) is 14.7. The molecule has 152 valence electrons. The van der Waals surface area contributed by atoms with Gasteiger partial charge in [-0.05, 0) is 29.8 Å². The summed E-state index contributed by atoms with van der Waals surface area (Å²) in [7, 11) is 0. The van der Waals surface area contributed by atoms with Crippen LogP contribution in [0.4, 0.5) is 5.13 Å². The standard InChI is InChI=1S/C21H17ClN4O2S2/c22-16-8-6-15(7-9-16)17-12-23-19(28-17)11-10-18(27)24-20-25-26-21(30-20)29-13-14-4-2-1-3-5-14/h1-9,12H,10-11,13H2,(H,24,25,27). The second kappa shape index (κ2) is 9.88. The number of hydrogen-bond donors (Lipinski definition) is 1. The van der Waals surface area contributed by atoms with E-state index < -0.39 is 0 Å². The van der Waals surface area contributed by atoms with Crippen LogP contribution in [0, 0.1) is 0 Å². The van der Waals surface area contributed by atoms with E-state index in [2.05, 4.69) is 32.6 Å². The van der Waals surface area contributed by atoms with Crippen molar-refractivity contribution < 1.29 is 9.21 Å². The fourth-order valence-electron chi connectivity index (χ4n) is 2.61. The summed E-state index contributed by atoms with van der Waals surface area (Å²) in [5.74, 6) is 1.80. The molecule has 0 aliphatic rings. The summed E-state index contributed by atoms with van der Waals surface area (Å²) in [5, 5.41) is 12.1. The minimum atomic E-state index is -0.156. The molecule has 2 aromatic carbocycles. The molecule has 0 radical (unpaired) electrons. The van der Waals surface area contributed by atoms with E-state index in [-0.39, 0.29) is 12.3 Å². The average molecular weight is 457 g/mol. The van der Waals surface area contributed by atoms with Gasteiger partial charge in [0.2, 0.25) is 11.0 Å².